The fourth-order valence-corrected chi connectivity index (χ4v) is 2.14. The molecule has 1 aromatic heterocycles. The van der Waals surface area contributed by atoms with Gasteiger partial charge < -0.3 is 10.6 Å². The number of anilines is 1. The monoisotopic (exact) mass is 237 g/mol. The lowest BCUT2D eigenvalue weighted by molar-refractivity contribution is -0.124. The number of hydrogen-bond acceptors (Lipinski definition) is 3. The van der Waals surface area contributed by atoms with E-state index in [9.17, 15) is 9.18 Å². The van der Waals surface area contributed by atoms with Crippen molar-refractivity contribution in [3.8, 4) is 0 Å². The van der Waals surface area contributed by atoms with E-state index in [0.29, 0.717) is 12.2 Å². The normalized spacial score (nSPS) is 23.6. The van der Waals surface area contributed by atoms with Crippen LogP contribution in [0.25, 0.3) is 0 Å². The number of halogens is 1. The third-order valence-corrected chi connectivity index (χ3v) is 3.36. The molecule has 1 fully saturated rings. The largest absolute Gasteiger partial charge is 0.324 e. The highest BCUT2D eigenvalue weighted by Crippen LogP contribution is 2.30. The molecule has 92 valence electrons. The fourth-order valence-electron chi connectivity index (χ4n) is 2.14. The molecule has 1 saturated heterocycles. The minimum absolute atomic E-state index is 0.0580. The second-order valence-corrected chi connectivity index (χ2v) is 4.41. The van der Waals surface area contributed by atoms with Crippen LogP contribution in [0.2, 0.25) is 0 Å². The molecule has 0 aromatic carbocycles. The minimum Gasteiger partial charge on any atom is -0.324 e. The maximum Gasteiger partial charge on any atom is 0.231 e. The predicted molar refractivity (Wildman–Crippen MR) is 63.0 cm³/mol. The Labute approximate surface area is 99.6 Å². The smallest absolute Gasteiger partial charge is 0.231 e. The molecule has 2 heterocycles. The van der Waals surface area contributed by atoms with E-state index in [-0.39, 0.29) is 11.3 Å². The molecule has 17 heavy (non-hydrogen) atoms. The number of amides is 1. The van der Waals surface area contributed by atoms with Gasteiger partial charge in [-0.2, -0.15) is 0 Å². The van der Waals surface area contributed by atoms with Crippen molar-refractivity contribution >= 4 is 11.6 Å². The third kappa shape index (κ3) is 2.44. The summed E-state index contributed by atoms with van der Waals surface area (Å²) in [4.78, 5) is 15.9. The van der Waals surface area contributed by atoms with Gasteiger partial charge in [0.1, 0.15) is 5.82 Å². The second kappa shape index (κ2) is 4.79. The molecule has 0 radical (unpaired) electrons. The van der Waals surface area contributed by atoms with Gasteiger partial charge in [-0.15, -0.1) is 0 Å². The molecular formula is C12H16FN3O. The minimum atomic E-state index is -0.446. The quantitative estimate of drug-likeness (QED) is 0.838. The van der Waals surface area contributed by atoms with E-state index in [0.717, 1.165) is 25.6 Å². The van der Waals surface area contributed by atoms with Crippen LogP contribution in [0.4, 0.5) is 10.1 Å². The van der Waals surface area contributed by atoms with E-state index < -0.39 is 5.82 Å². The lowest BCUT2D eigenvalue weighted by Gasteiger charge is -2.25. The van der Waals surface area contributed by atoms with Gasteiger partial charge in [0.2, 0.25) is 5.91 Å². The molecule has 1 atom stereocenters. The summed E-state index contributed by atoms with van der Waals surface area (Å²) < 4.78 is 12.9. The van der Waals surface area contributed by atoms with Crippen LogP contribution in [0, 0.1) is 11.2 Å². The maximum absolute atomic E-state index is 12.9. The first-order chi connectivity index (χ1) is 8.16. The van der Waals surface area contributed by atoms with Gasteiger partial charge in [0, 0.05) is 12.6 Å². The van der Waals surface area contributed by atoms with E-state index in [1.807, 2.05) is 6.92 Å². The number of aromatic nitrogens is 1. The highest BCUT2D eigenvalue weighted by atomic mass is 19.1. The SMILES string of the molecule is CCC1(C(=O)Nc2cncc(F)c2)CCNC1. The van der Waals surface area contributed by atoms with E-state index in [2.05, 4.69) is 15.6 Å². The number of pyridine rings is 1. The summed E-state index contributed by atoms with van der Waals surface area (Å²) in [6.07, 6.45) is 4.15. The molecule has 1 aromatic rings. The number of nitrogens with one attached hydrogen (secondary N) is 2. The first-order valence-corrected chi connectivity index (χ1v) is 5.79. The van der Waals surface area contributed by atoms with Crippen LogP contribution in [-0.2, 0) is 4.79 Å². The van der Waals surface area contributed by atoms with Crippen molar-refractivity contribution in [3.63, 3.8) is 0 Å². The Morgan fingerprint density at radius 1 is 1.65 bits per heavy atom. The Bertz CT molecular complexity index is 416. The van der Waals surface area contributed by atoms with Gasteiger partial charge in [0.25, 0.3) is 0 Å². The molecule has 2 rings (SSSR count). The summed E-state index contributed by atoms with van der Waals surface area (Å²) in [6.45, 7) is 3.52. The number of carbonyl (C=O) groups is 1. The van der Waals surface area contributed by atoms with Crippen LogP contribution < -0.4 is 10.6 Å². The zero-order chi connectivity index (χ0) is 12.3. The van der Waals surface area contributed by atoms with Crippen molar-refractivity contribution in [1.82, 2.24) is 10.3 Å². The Morgan fingerprint density at radius 2 is 2.47 bits per heavy atom. The molecule has 1 aliphatic heterocycles. The topological polar surface area (TPSA) is 54.0 Å². The van der Waals surface area contributed by atoms with Gasteiger partial charge in [-0.1, -0.05) is 6.92 Å². The molecule has 0 spiro atoms. The van der Waals surface area contributed by atoms with E-state index in [4.69, 9.17) is 0 Å². The van der Waals surface area contributed by atoms with E-state index in [1.54, 1.807) is 0 Å². The van der Waals surface area contributed by atoms with Crippen molar-refractivity contribution in [2.24, 2.45) is 5.41 Å². The Morgan fingerprint density at radius 3 is 3.06 bits per heavy atom. The fraction of sp³-hybridized carbons (Fsp3) is 0.500. The van der Waals surface area contributed by atoms with Crippen molar-refractivity contribution in [3.05, 3.63) is 24.3 Å². The summed E-state index contributed by atoms with van der Waals surface area (Å²) in [5.74, 6) is -0.504. The first-order valence-electron chi connectivity index (χ1n) is 5.79. The molecule has 0 bridgehead atoms. The van der Waals surface area contributed by atoms with Crippen molar-refractivity contribution in [2.75, 3.05) is 18.4 Å². The number of carbonyl (C=O) groups excluding carboxylic acids is 1. The Kier molecular flexibility index (Phi) is 3.38. The molecule has 0 aliphatic carbocycles. The van der Waals surface area contributed by atoms with Crippen LogP contribution in [0.1, 0.15) is 19.8 Å². The highest BCUT2D eigenvalue weighted by molar-refractivity contribution is 5.95. The molecule has 5 heteroatoms. The van der Waals surface area contributed by atoms with Gasteiger partial charge in [0.15, 0.2) is 0 Å². The van der Waals surface area contributed by atoms with E-state index in [1.165, 1.54) is 12.3 Å². The van der Waals surface area contributed by atoms with Crippen LogP contribution in [0.3, 0.4) is 0 Å². The third-order valence-electron chi connectivity index (χ3n) is 3.36. The average molecular weight is 237 g/mol. The summed E-state index contributed by atoms with van der Waals surface area (Å²) >= 11 is 0. The molecule has 0 saturated carbocycles. The maximum atomic E-state index is 12.9. The molecule has 1 unspecified atom stereocenters. The zero-order valence-corrected chi connectivity index (χ0v) is 9.79. The van der Waals surface area contributed by atoms with Crippen LogP contribution in [0.15, 0.2) is 18.5 Å². The molecular weight excluding hydrogens is 221 g/mol. The number of hydrogen-bond donors (Lipinski definition) is 2. The molecule has 2 N–H and O–H groups in total. The molecule has 4 nitrogen and oxygen atoms in total. The van der Waals surface area contributed by atoms with Gasteiger partial charge in [0.05, 0.1) is 23.5 Å². The zero-order valence-electron chi connectivity index (χ0n) is 9.79. The lowest BCUT2D eigenvalue weighted by atomic mass is 9.83. The lowest BCUT2D eigenvalue weighted by Crippen LogP contribution is -2.37. The van der Waals surface area contributed by atoms with Crippen LogP contribution in [-0.4, -0.2) is 24.0 Å². The molecule has 1 amide bonds. The Balaban J connectivity index is 2.10. The standard InChI is InChI=1S/C12H16FN3O/c1-2-12(3-4-14-8-12)11(17)16-10-5-9(13)6-15-7-10/h5-7,14H,2-4,8H2,1H3,(H,16,17). The summed E-state index contributed by atoms with van der Waals surface area (Å²) in [6, 6.07) is 1.27. The summed E-state index contributed by atoms with van der Waals surface area (Å²) in [7, 11) is 0. The highest BCUT2D eigenvalue weighted by Gasteiger charge is 2.39. The second-order valence-electron chi connectivity index (χ2n) is 4.41. The average Bonchev–Trinajstić information content (AvgIpc) is 2.78. The van der Waals surface area contributed by atoms with Gasteiger partial charge in [-0.05, 0) is 19.4 Å². The summed E-state index contributed by atoms with van der Waals surface area (Å²) in [5.41, 5.74) is 0.0430. The number of nitrogens with zero attached hydrogens (tertiary/aromatic N) is 1. The Hall–Kier alpha value is -1.49. The van der Waals surface area contributed by atoms with Crippen molar-refractivity contribution < 1.29 is 9.18 Å². The van der Waals surface area contributed by atoms with Crippen molar-refractivity contribution in [1.29, 1.82) is 0 Å². The van der Waals surface area contributed by atoms with E-state index >= 15 is 0 Å². The predicted octanol–water partition coefficient (Wildman–Crippen LogP) is 1.55. The van der Waals surface area contributed by atoms with Crippen molar-refractivity contribution in [2.45, 2.75) is 19.8 Å². The van der Waals surface area contributed by atoms with Gasteiger partial charge in [-0.3, -0.25) is 9.78 Å². The van der Waals surface area contributed by atoms with Crippen LogP contribution >= 0.6 is 0 Å². The first kappa shape index (κ1) is 12.0. The number of rotatable bonds is 3. The molecule has 1 aliphatic rings. The van der Waals surface area contributed by atoms with Crippen LogP contribution in [0.5, 0.6) is 0 Å². The van der Waals surface area contributed by atoms with Gasteiger partial charge >= 0.3 is 0 Å². The summed E-state index contributed by atoms with van der Waals surface area (Å²) in [5, 5.41) is 5.93. The van der Waals surface area contributed by atoms with Gasteiger partial charge in [-0.25, -0.2) is 4.39 Å².